The average Bonchev–Trinajstić information content (AvgIpc) is 3.35. The second-order valence-electron chi connectivity index (χ2n) is 8.57. The maximum Gasteiger partial charge on any atom is 0.250 e. The average molecular weight is 526 g/mol. The predicted molar refractivity (Wildman–Crippen MR) is 152 cm³/mol. The maximum absolute atomic E-state index is 12.7. The van der Waals surface area contributed by atoms with E-state index in [1.807, 2.05) is 85.1 Å². The highest BCUT2D eigenvalue weighted by Crippen LogP contribution is 2.29. The van der Waals surface area contributed by atoms with E-state index >= 15 is 0 Å². The van der Waals surface area contributed by atoms with Gasteiger partial charge in [0.05, 0.1) is 11.5 Å². The standard InChI is InChI=1S/C29H24ClN5OS/c1-19-7-15-26(16-8-19)35-28(22-11-13-25(30)14-12-22)33-34-29(35)37-18-27(36)32-31-20(2)23-10-9-21-5-3-4-6-24(21)17-23/h3-17H,18H2,1-2H3,(H,32,36). The second-order valence-corrected chi connectivity index (χ2v) is 9.95. The molecule has 0 saturated heterocycles. The molecular formula is C29H24ClN5OS. The summed E-state index contributed by atoms with van der Waals surface area (Å²) in [6.45, 7) is 3.92. The molecule has 0 aliphatic rings. The van der Waals surface area contributed by atoms with Crippen molar-refractivity contribution in [2.45, 2.75) is 19.0 Å². The lowest BCUT2D eigenvalue weighted by molar-refractivity contribution is -0.118. The van der Waals surface area contributed by atoms with Gasteiger partial charge in [-0.2, -0.15) is 5.10 Å². The molecule has 0 radical (unpaired) electrons. The first-order chi connectivity index (χ1) is 18.0. The lowest BCUT2D eigenvalue weighted by atomic mass is 10.0. The summed E-state index contributed by atoms with van der Waals surface area (Å²) in [5.74, 6) is 0.587. The van der Waals surface area contributed by atoms with E-state index < -0.39 is 0 Å². The van der Waals surface area contributed by atoms with Crippen molar-refractivity contribution in [1.29, 1.82) is 0 Å². The molecule has 0 bridgehead atoms. The Bertz CT molecular complexity index is 1590. The van der Waals surface area contributed by atoms with Crippen molar-refractivity contribution in [2.75, 3.05) is 5.75 Å². The van der Waals surface area contributed by atoms with Crippen molar-refractivity contribution < 1.29 is 4.79 Å². The van der Waals surface area contributed by atoms with Crippen LogP contribution in [0.25, 0.3) is 27.8 Å². The zero-order valence-corrected chi connectivity index (χ0v) is 21.9. The summed E-state index contributed by atoms with van der Waals surface area (Å²) in [5, 5.41) is 16.7. The number of fused-ring (bicyclic) bond motifs is 1. The maximum atomic E-state index is 12.7. The number of aromatic nitrogens is 3. The monoisotopic (exact) mass is 525 g/mol. The van der Waals surface area contributed by atoms with Gasteiger partial charge >= 0.3 is 0 Å². The molecule has 1 amide bonds. The van der Waals surface area contributed by atoms with Gasteiger partial charge in [-0.3, -0.25) is 9.36 Å². The third-order valence-corrected chi connectivity index (χ3v) is 7.06. The number of halogens is 1. The molecule has 1 heterocycles. The number of carbonyl (C=O) groups excluding carboxylic acids is 1. The molecule has 0 aliphatic carbocycles. The van der Waals surface area contributed by atoms with Crippen molar-refractivity contribution >= 4 is 45.8 Å². The SMILES string of the molecule is CC(=NNC(=O)CSc1nnc(-c2ccc(Cl)cc2)n1-c1ccc(C)cc1)c1ccc2ccccc2c1. The van der Waals surface area contributed by atoms with E-state index in [1.54, 1.807) is 0 Å². The van der Waals surface area contributed by atoms with Crippen molar-refractivity contribution in [1.82, 2.24) is 20.2 Å². The fourth-order valence-corrected chi connectivity index (χ4v) is 4.73. The molecule has 0 atom stereocenters. The summed E-state index contributed by atoms with van der Waals surface area (Å²) >= 11 is 7.38. The van der Waals surface area contributed by atoms with E-state index in [2.05, 4.69) is 45.0 Å². The van der Waals surface area contributed by atoms with Crippen molar-refractivity contribution in [3.8, 4) is 17.1 Å². The molecule has 8 heteroatoms. The van der Waals surface area contributed by atoms with Gasteiger partial charge < -0.3 is 0 Å². The van der Waals surface area contributed by atoms with Crippen molar-refractivity contribution in [2.24, 2.45) is 5.10 Å². The zero-order valence-electron chi connectivity index (χ0n) is 20.4. The van der Waals surface area contributed by atoms with Gasteiger partial charge in [-0.1, -0.05) is 77.5 Å². The van der Waals surface area contributed by atoms with E-state index in [-0.39, 0.29) is 11.7 Å². The first kappa shape index (κ1) is 24.7. The van der Waals surface area contributed by atoms with Gasteiger partial charge in [-0.05, 0) is 72.6 Å². The van der Waals surface area contributed by atoms with Crippen LogP contribution in [-0.4, -0.2) is 32.1 Å². The first-order valence-corrected chi connectivity index (χ1v) is 13.1. The van der Waals surface area contributed by atoms with Crippen LogP contribution in [0.15, 0.2) is 101 Å². The number of thioether (sulfide) groups is 1. The Morgan fingerprint density at radius 1 is 0.946 bits per heavy atom. The van der Waals surface area contributed by atoms with Crippen LogP contribution in [0, 0.1) is 6.92 Å². The van der Waals surface area contributed by atoms with Gasteiger partial charge in [0.25, 0.3) is 5.91 Å². The largest absolute Gasteiger partial charge is 0.272 e. The minimum atomic E-state index is -0.225. The number of carbonyl (C=O) groups is 1. The van der Waals surface area contributed by atoms with Crippen LogP contribution < -0.4 is 5.43 Å². The number of nitrogens with zero attached hydrogens (tertiary/aromatic N) is 4. The smallest absolute Gasteiger partial charge is 0.250 e. The Kier molecular flexibility index (Phi) is 7.35. The molecule has 0 spiro atoms. The van der Waals surface area contributed by atoms with E-state index in [9.17, 15) is 4.79 Å². The van der Waals surface area contributed by atoms with E-state index in [0.29, 0.717) is 16.0 Å². The molecule has 1 N–H and O–H groups in total. The Labute approximate surface area is 224 Å². The highest BCUT2D eigenvalue weighted by molar-refractivity contribution is 7.99. The minimum Gasteiger partial charge on any atom is -0.272 e. The predicted octanol–water partition coefficient (Wildman–Crippen LogP) is 6.68. The quantitative estimate of drug-likeness (QED) is 0.146. The van der Waals surface area contributed by atoms with Crippen LogP contribution in [-0.2, 0) is 4.79 Å². The molecule has 0 aliphatic heterocycles. The number of aryl methyl sites for hydroxylation is 1. The number of hydrazone groups is 1. The van der Waals surface area contributed by atoms with Gasteiger partial charge in [0.15, 0.2) is 11.0 Å². The second kappa shape index (κ2) is 11.0. The molecule has 37 heavy (non-hydrogen) atoms. The number of hydrogen-bond acceptors (Lipinski definition) is 5. The fraction of sp³-hybridized carbons (Fsp3) is 0.103. The molecule has 0 fully saturated rings. The summed E-state index contributed by atoms with van der Waals surface area (Å²) in [5.41, 5.74) is 7.30. The molecule has 5 aromatic rings. The Morgan fingerprint density at radius 2 is 1.68 bits per heavy atom. The van der Waals surface area contributed by atoms with Crippen LogP contribution in [0.2, 0.25) is 5.02 Å². The molecule has 5 rings (SSSR count). The van der Waals surface area contributed by atoms with Crippen LogP contribution in [0.3, 0.4) is 0 Å². The molecule has 0 saturated carbocycles. The van der Waals surface area contributed by atoms with E-state index in [4.69, 9.17) is 11.6 Å². The highest BCUT2D eigenvalue weighted by Gasteiger charge is 2.17. The normalized spacial score (nSPS) is 11.6. The van der Waals surface area contributed by atoms with Gasteiger partial charge in [-0.15, -0.1) is 10.2 Å². The van der Waals surface area contributed by atoms with Gasteiger partial charge in [0, 0.05) is 16.3 Å². The van der Waals surface area contributed by atoms with Gasteiger partial charge in [-0.25, -0.2) is 5.43 Å². The van der Waals surface area contributed by atoms with Gasteiger partial charge in [0.1, 0.15) is 0 Å². The Balaban J connectivity index is 1.33. The molecule has 0 unspecified atom stereocenters. The molecule has 6 nitrogen and oxygen atoms in total. The fourth-order valence-electron chi connectivity index (χ4n) is 3.86. The highest BCUT2D eigenvalue weighted by atomic mass is 35.5. The third-order valence-electron chi connectivity index (χ3n) is 5.88. The summed E-state index contributed by atoms with van der Waals surface area (Å²) in [4.78, 5) is 12.7. The lowest BCUT2D eigenvalue weighted by Crippen LogP contribution is -2.21. The first-order valence-electron chi connectivity index (χ1n) is 11.7. The molecular weight excluding hydrogens is 502 g/mol. The number of hydrogen-bond donors (Lipinski definition) is 1. The van der Waals surface area contributed by atoms with Crippen LogP contribution >= 0.6 is 23.4 Å². The number of amides is 1. The summed E-state index contributed by atoms with van der Waals surface area (Å²) < 4.78 is 1.95. The minimum absolute atomic E-state index is 0.138. The van der Waals surface area contributed by atoms with Crippen LogP contribution in [0.5, 0.6) is 0 Å². The summed E-state index contributed by atoms with van der Waals surface area (Å²) in [7, 11) is 0. The van der Waals surface area contributed by atoms with E-state index in [1.165, 1.54) is 11.8 Å². The van der Waals surface area contributed by atoms with Crippen LogP contribution in [0.4, 0.5) is 0 Å². The number of rotatable bonds is 7. The van der Waals surface area contributed by atoms with Crippen molar-refractivity contribution in [3.05, 3.63) is 107 Å². The molecule has 1 aromatic heterocycles. The third kappa shape index (κ3) is 5.74. The van der Waals surface area contributed by atoms with Crippen molar-refractivity contribution in [3.63, 3.8) is 0 Å². The molecule has 184 valence electrons. The number of benzene rings is 4. The van der Waals surface area contributed by atoms with E-state index in [0.717, 1.165) is 38.9 Å². The van der Waals surface area contributed by atoms with Crippen LogP contribution in [0.1, 0.15) is 18.1 Å². The Hall–Kier alpha value is -3.94. The zero-order chi connectivity index (χ0) is 25.8. The summed E-state index contributed by atoms with van der Waals surface area (Å²) in [6.07, 6.45) is 0. The van der Waals surface area contributed by atoms with Gasteiger partial charge in [0.2, 0.25) is 0 Å². The summed E-state index contributed by atoms with van der Waals surface area (Å²) in [6, 6.07) is 29.8. The lowest BCUT2D eigenvalue weighted by Gasteiger charge is -2.11. The topological polar surface area (TPSA) is 72.2 Å². The number of nitrogens with one attached hydrogen (secondary N) is 1. The molecule has 4 aromatic carbocycles. The Morgan fingerprint density at radius 3 is 2.43 bits per heavy atom.